The highest BCUT2D eigenvalue weighted by atomic mass is 16.5. The van der Waals surface area contributed by atoms with E-state index in [0.29, 0.717) is 5.57 Å². The Morgan fingerprint density at radius 3 is 2.78 bits per heavy atom. The van der Waals surface area contributed by atoms with Gasteiger partial charge in [0.05, 0.1) is 18.1 Å². The van der Waals surface area contributed by atoms with Gasteiger partial charge < -0.3 is 14.6 Å². The largest absolute Gasteiger partial charge is 0.465 e. The Morgan fingerprint density at radius 2 is 2.28 bits per heavy atom. The molecule has 0 aliphatic carbocycles. The molecule has 18 heavy (non-hydrogen) atoms. The molecule has 0 fully saturated rings. The molecule has 1 aliphatic rings. The van der Waals surface area contributed by atoms with Gasteiger partial charge in [0.15, 0.2) is 0 Å². The fraction of sp³-hybridized carbons (Fsp3) is 0.385. The van der Waals surface area contributed by atoms with Gasteiger partial charge in [0, 0.05) is 13.0 Å². The van der Waals surface area contributed by atoms with Crippen molar-refractivity contribution >= 4 is 11.9 Å². The smallest absolute Gasteiger partial charge is 0.336 e. The van der Waals surface area contributed by atoms with E-state index in [-0.39, 0.29) is 30.9 Å². The second kappa shape index (κ2) is 6.62. The third-order valence-electron chi connectivity index (χ3n) is 2.04. The lowest BCUT2D eigenvalue weighted by molar-refractivity contribution is -0.141. The molecule has 0 saturated heterocycles. The quantitative estimate of drug-likeness (QED) is 0.585. The molecule has 1 N–H and O–H groups in total. The maximum atomic E-state index is 10.9. The van der Waals surface area contributed by atoms with Gasteiger partial charge in [-0.1, -0.05) is 11.8 Å². The van der Waals surface area contributed by atoms with Crippen LogP contribution in [0.1, 0.15) is 13.8 Å². The third-order valence-corrected chi connectivity index (χ3v) is 2.04. The number of ether oxygens (including phenoxy) is 2. The molecule has 96 valence electrons. The van der Waals surface area contributed by atoms with Crippen LogP contribution in [0.25, 0.3) is 0 Å². The average molecular weight is 250 g/mol. The molecule has 0 amide bonds. The molecule has 0 saturated carbocycles. The van der Waals surface area contributed by atoms with E-state index in [1.54, 1.807) is 6.92 Å². The van der Waals surface area contributed by atoms with Crippen molar-refractivity contribution in [3.8, 4) is 11.8 Å². The Kier molecular flexibility index (Phi) is 5.15. The topological polar surface area (TPSA) is 72.8 Å². The molecule has 5 nitrogen and oxygen atoms in total. The van der Waals surface area contributed by atoms with E-state index in [1.165, 1.54) is 19.1 Å². The Morgan fingerprint density at radius 1 is 1.56 bits per heavy atom. The van der Waals surface area contributed by atoms with Gasteiger partial charge in [-0.3, -0.25) is 4.79 Å². The molecule has 1 aliphatic heterocycles. The number of aliphatic hydroxyl groups excluding tert-OH is 1. The summed E-state index contributed by atoms with van der Waals surface area (Å²) in [6, 6.07) is 0. The van der Waals surface area contributed by atoms with Crippen LogP contribution in [-0.2, 0) is 19.1 Å². The molecular weight excluding hydrogens is 236 g/mol. The lowest BCUT2D eigenvalue weighted by Crippen LogP contribution is -2.07. The number of cyclic esters (lactones) is 1. The van der Waals surface area contributed by atoms with E-state index >= 15 is 0 Å². The first kappa shape index (κ1) is 14.0. The van der Waals surface area contributed by atoms with E-state index < -0.39 is 5.97 Å². The summed E-state index contributed by atoms with van der Waals surface area (Å²) in [5, 5.41) is 9.13. The first-order chi connectivity index (χ1) is 8.52. The van der Waals surface area contributed by atoms with Crippen LogP contribution in [0, 0.1) is 17.8 Å². The number of carbonyl (C=O) groups excluding carboxylic acids is 2. The lowest BCUT2D eigenvalue weighted by atomic mass is 10.1. The molecule has 0 aromatic rings. The Labute approximate surface area is 105 Å². The van der Waals surface area contributed by atoms with E-state index in [4.69, 9.17) is 14.6 Å². The summed E-state index contributed by atoms with van der Waals surface area (Å²) >= 11 is 0. The molecule has 1 heterocycles. The Hall–Kier alpha value is -2.06. The van der Waals surface area contributed by atoms with Crippen LogP contribution in [0.3, 0.4) is 0 Å². The van der Waals surface area contributed by atoms with Crippen LogP contribution in [0.2, 0.25) is 0 Å². The number of hydrogen-bond acceptors (Lipinski definition) is 5. The van der Waals surface area contributed by atoms with Crippen molar-refractivity contribution < 1.29 is 24.2 Å². The van der Waals surface area contributed by atoms with Crippen molar-refractivity contribution in [2.75, 3.05) is 13.2 Å². The summed E-state index contributed by atoms with van der Waals surface area (Å²) in [6.07, 6.45) is 2.72. The van der Waals surface area contributed by atoms with Gasteiger partial charge in [0.1, 0.15) is 12.4 Å². The molecule has 0 bridgehead atoms. The molecular formula is C13H14O5. The number of carbonyl (C=O) groups is 2. The molecule has 1 atom stereocenters. The van der Waals surface area contributed by atoms with Gasteiger partial charge in [0.2, 0.25) is 0 Å². The highest BCUT2D eigenvalue weighted by molar-refractivity contribution is 5.86. The molecule has 0 aromatic heterocycles. The lowest BCUT2D eigenvalue weighted by Gasteiger charge is -2.04. The monoisotopic (exact) mass is 250 g/mol. The minimum absolute atomic E-state index is 0.169. The number of esters is 2. The van der Waals surface area contributed by atoms with Crippen molar-refractivity contribution in [2.45, 2.75) is 13.8 Å². The van der Waals surface area contributed by atoms with Gasteiger partial charge in [-0.25, -0.2) is 4.79 Å². The minimum atomic E-state index is -0.481. The predicted molar refractivity (Wildman–Crippen MR) is 62.9 cm³/mol. The summed E-state index contributed by atoms with van der Waals surface area (Å²) in [5.41, 5.74) is 0.326. The van der Waals surface area contributed by atoms with Gasteiger partial charge >= 0.3 is 11.9 Å². The highest BCUT2D eigenvalue weighted by Crippen LogP contribution is 2.13. The van der Waals surface area contributed by atoms with Crippen LogP contribution >= 0.6 is 0 Å². The summed E-state index contributed by atoms with van der Waals surface area (Å²) in [5.74, 6) is 4.77. The van der Waals surface area contributed by atoms with Crippen LogP contribution in [0.15, 0.2) is 23.5 Å². The van der Waals surface area contributed by atoms with Gasteiger partial charge in [0.25, 0.3) is 0 Å². The first-order valence-corrected chi connectivity index (χ1v) is 5.41. The summed E-state index contributed by atoms with van der Waals surface area (Å²) in [6.45, 7) is 2.97. The maximum Gasteiger partial charge on any atom is 0.336 e. The zero-order valence-corrected chi connectivity index (χ0v) is 10.2. The van der Waals surface area contributed by atoms with Crippen molar-refractivity contribution in [3.63, 3.8) is 0 Å². The minimum Gasteiger partial charge on any atom is -0.465 e. The Bertz CT molecular complexity index is 462. The zero-order chi connectivity index (χ0) is 13.5. The van der Waals surface area contributed by atoms with Crippen molar-refractivity contribution in [1.29, 1.82) is 0 Å². The van der Waals surface area contributed by atoms with Crippen LogP contribution in [-0.4, -0.2) is 30.3 Å². The first-order valence-electron chi connectivity index (χ1n) is 5.41. The van der Waals surface area contributed by atoms with E-state index in [1.807, 2.05) is 0 Å². The Balaban J connectivity index is 2.67. The third kappa shape index (κ3) is 4.44. The van der Waals surface area contributed by atoms with E-state index in [0.717, 1.165) is 0 Å². The standard InChI is InChI=1S/C13H14O5/c1-9(8-17-10(2)15)3-4-11(7-14)12-5-6-13(16)18-12/h5-6,9,14H,7-8H2,1-2H3/t9-/m1/s1. The number of allylic oxidation sites excluding steroid dienone is 1. The van der Waals surface area contributed by atoms with E-state index in [2.05, 4.69) is 11.8 Å². The fourth-order valence-electron chi connectivity index (χ4n) is 1.16. The van der Waals surface area contributed by atoms with Gasteiger partial charge in [-0.05, 0) is 13.0 Å². The molecule has 5 heteroatoms. The van der Waals surface area contributed by atoms with Gasteiger partial charge in [-0.15, -0.1) is 0 Å². The van der Waals surface area contributed by atoms with Gasteiger partial charge in [-0.2, -0.15) is 0 Å². The summed E-state index contributed by atoms with van der Waals surface area (Å²) in [4.78, 5) is 21.5. The number of hydrogen-bond donors (Lipinski definition) is 1. The SMILES string of the molecule is CC(=O)OC[C@H](C)C#CC(CO)=C1C=CC(=O)O1. The number of rotatable bonds is 3. The highest BCUT2D eigenvalue weighted by Gasteiger charge is 2.13. The average Bonchev–Trinajstić information content (AvgIpc) is 2.74. The second-order valence-corrected chi connectivity index (χ2v) is 3.73. The normalized spacial score (nSPS) is 17.6. The zero-order valence-electron chi connectivity index (χ0n) is 10.2. The molecule has 0 aromatic carbocycles. The van der Waals surface area contributed by atoms with Crippen molar-refractivity contribution in [2.24, 2.45) is 5.92 Å². The van der Waals surface area contributed by atoms with Crippen LogP contribution in [0.5, 0.6) is 0 Å². The molecule has 0 radical (unpaired) electrons. The fourth-order valence-corrected chi connectivity index (χ4v) is 1.16. The van der Waals surface area contributed by atoms with Crippen LogP contribution < -0.4 is 0 Å². The molecule has 0 spiro atoms. The predicted octanol–water partition coefficient (Wildman–Crippen LogP) is 0.548. The van der Waals surface area contributed by atoms with E-state index in [9.17, 15) is 9.59 Å². The molecule has 1 rings (SSSR count). The maximum absolute atomic E-state index is 10.9. The summed E-state index contributed by atoms with van der Waals surface area (Å²) in [7, 11) is 0. The molecule has 0 unspecified atom stereocenters. The summed E-state index contributed by atoms with van der Waals surface area (Å²) < 4.78 is 9.62. The number of aliphatic hydroxyl groups is 1. The van der Waals surface area contributed by atoms with Crippen molar-refractivity contribution in [1.82, 2.24) is 0 Å². The second-order valence-electron chi connectivity index (χ2n) is 3.73. The van der Waals surface area contributed by atoms with Crippen LogP contribution in [0.4, 0.5) is 0 Å². The van der Waals surface area contributed by atoms with Crippen molar-refractivity contribution in [3.05, 3.63) is 23.5 Å².